The summed E-state index contributed by atoms with van der Waals surface area (Å²) in [6, 6.07) is 8.15. The Morgan fingerprint density at radius 3 is 2.47 bits per heavy atom. The molecule has 0 amide bonds. The Morgan fingerprint density at radius 1 is 1.06 bits per heavy atom. The van der Waals surface area contributed by atoms with Gasteiger partial charge in [0, 0.05) is 11.5 Å². The summed E-state index contributed by atoms with van der Waals surface area (Å²) in [6.07, 6.45) is 3.56. The zero-order chi connectivity index (χ0) is 22.7. The van der Waals surface area contributed by atoms with Crippen molar-refractivity contribution in [1.29, 1.82) is 0 Å². The number of rotatable bonds is 7. The van der Waals surface area contributed by atoms with Gasteiger partial charge < -0.3 is 28.7 Å². The van der Waals surface area contributed by atoms with Crippen molar-refractivity contribution in [1.82, 2.24) is 4.98 Å². The Bertz CT molecular complexity index is 1120. The van der Waals surface area contributed by atoms with E-state index in [-0.39, 0.29) is 24.3 Å². The van der Waals surface area contributed by atoms with E-state index in [2.05, 4.69) is 4.98 Å². The van der Waals surface area contributed by atoms with Crippen LogP contribution >= 0.6 is 0 Å². The molecule has 170 valence electrons. The highest BCUT2D eigenvalue weighted by molar-refractivity contribution is 6.01. The summed E-state index contributed by atoms with van der Waals surface area (Å²) in [5.74, 6) is 0.869. The number of carbonyl (C=O) groups is 1. The van der Waals surface area contributed by atoms with Crippen molar-refractivity contribution in [2.75, 3.05) is 20.8 Å². The Kier molecular flexibility index (Phi) is 6.39. The molecule has 0 atom stereocenters. The van der Waals surface area contributed by atoms with Gasteiger partial charge in [0.05, 0.1) is 38.0 Å². The lowest BCUT2D eigenvalue weighted by Gasteiger charge is -2.16. The highest BCUT2D eigenvalue weighted by atomic mass is 19.1. The zero-order valence-corrected chi connectivity index (χ0v) is 18.3. The Balaban J connectivity index is 1.84. The maximum absolute atomic E-state index is 14.5. The number of carbonyl (C=O) groups excluding carboxylic acids is 1. The third kappa shape index (κ3) is 4.30. The molecule has 0 aliphatic heterocycles. The molecular weight excluding hydrogens is 417 g/mol. The largest absolute Gasteiger partial charge is 0.515 e. The third-order valence-corrected chi connectivity index (χ3v) is 5.53. The smallest absolute Gasteiger partial charge is 0.494 e. The molecule has 1 aliphatic rings. The van der Waals surface area contributed by atoms with Gasteiger partial charge >= 0.3 is 6.16 Å². The predicted octanol–water partition coefficient (Wildman–Crippen LogP) is 5.85. The summed E-state index contributed by atoms with van der Waals surface area (Å²) >= 11 is 0. The number of methoxy groups -OCH3 is 2. The van der Waals surface area contributed by atoms with Crippen molar-refractivity contribution >= 4 is 17.1 Å². The van der Waals surface area contributed by atoms with E-state index in [1.807, 2.05) is 6.07 Å². The van der Waals surface area contributed by atoms with Gasteiger partial charge in [0.2, 0.25) is 5.88 Å². The number of aromatic nitrogens is 1. The summed E-state index contributed by atoms with van der Waals surface area (Å²) in [5.41, 5.74) is 1.66. The first-order valence-corrected chi connectivity index (χ1v) is 10.6. The summed E-state index contributed by atoms with van der Waals surface area (Å²) < 4.78 is 41.6. The minimum absolute atomic E-state index is 0.117. The average Bonchev–Trinajstić information content (AvgIpc) is 3.40. The van der Waals surface area contributed by atoms with E-state index in [4.69, 9.17) is 23.7 Å². The molecule has 0 saturated heterocycles. The number of hydrogen-bond acceptors (Lipinski definition) is 6. The van der Waals surface area contributed by atoms with Gasteiger partial charge in [0.1, 0.15) is 0 Å². The predicted molar refractivity (Wildman–Crippen MR) is 117 cm³/mol. The fraction of sp³-hybridized carbons (Fsp3) is 0.375. The second-order valence-corrected chi connectivity index (χ2v) is 7.54. The SMILES string of the molecule is CCOC(=O)Oc1[nH]c2cc(OC3CCCC3)c(OC)cc2c1-c1ccc(OC)c(F)c1. The van der Waals surface area contributed by atoms with E-state index >= 15 is 0 Å². The molecule has 1 N–H and O–H groups in total. The van der Waals surface area contributed by atoms with Gasteiger partial charge in [0.15, 0.2) is 23.1 Å². The summed E-state index contributed by atoms with van der Waals surface area (Å²) in [5, 5.41) is 0.685. The van der Waals surface area contributed by atoms with Crippen LogP contribution in [0.1, 0.15) is 32.6 Å². The molecule has 7 nitrogen and oxygen atoms in total. The molecule has 0 unspecified atom stereocenters. The van der Waals surface area contributed by atoms with Crippen LogP contribution in [0.25, 0.3) is 22.0 Å². The average molecular weight is 443 g/mol. The molecule has 32 heavy (non-hydrogen) atoms. The highest BCUT2D eigenvalue weighted by Gasteiger charge is 2.24. The number of hydrogen-bond donors (Lipinski definition) is 1. The minimum Gasteiger partial charge on any atom is -0.494 e. The Morgan fingerprint density at radius 2 is 1.81 bits per heavy atom. The number of halogens is 1. The first-order valence-electron chi connectivity index (χ1n) is 10.6. The highest BCUT2D eigenvalue weighted by Crippen LogP contribution is 2.43. The molecule has 0 spiro atoms. The fourth-order valence-electron chi connectivity index (χ4n) is 4.03. The van der Waals surface area contributed by atoms with Gasteiger partial charge in [-0.2, -0.15) is 0 Å². The third-order valence-electron chi connectivity index (χ3n) is 5.53. The quantitative estimate of drug-likeness (QED) is 0.462. The van der Waals surface area contributed by atoms with Crippen molar-refractivity contribution in [2.24, 2.45) is 0 Å². The number of ether oxygens (including phenoxy) is 5. The van der Waals surface area contributed by atoms with Gasteiger partial charge in [-0.3, -0.25) is 0 Å². The lowest BCUT2D eigenvalue weighted by molar-refractivity contribution is 0.103. The van der Waals surface area contributed by atoms with Crippen LogP contribution in [0.5, 0.6) is 23.1 Å². The molecule has 1 aliphatic carbocycles. The van der Waals surface area contributed by atoms with E-state index in [0.717, 1.165) is 25.7 Å². The van der Waals surface area contributed by atoms with Crippen LogP contribution in [0.15, 0.2) is 30.3 Å². The molecule has 1 saturated carbocycles. The van der Waals surface area contributed by atoms with Crippen molar-refractivity contribution in [3.8, 4) is 34.3 Å². The van der Waals surface area contributed by atoms with Gasteiger partial charge in [-0.15, -0.1) is 0 Å². The fourth-order valence-corrected chi connectivity index (χ4v) is 4.03. The molecule has 1 heterocycles. The first kappa shape index (κ1) is 21.8. The number of H-pyrrole nitrogens is 1. The molecule has 3 aromatic rings. The van der Waals surface area contributed by atoms with Crippen LogP contribution in [0.4, 0.5) is 9.18 Å². The minimum atomic E-state index is -0.858. The number of nitrogens with one attached hydrogen (secondary N) is 1. The van der Waals surface area contributed by atoms with Crippen LogP contribution in [0.2, 0.25) is 0 Å². The summed E-state index contributed by atoms with van der Waals surface area (Å²) in [7, 11) is 2.97. The zero-order valence-electron chi connectivity index (χ0n) is 18.3. The monoisotopic (exact) mass is 443 g/mol. The van der Waals surface area contributed by atoms with E-state index in [9.17, 15) is 9.18 Å². The van der Waals surface area contributed by atoms with Crippen LogP contribution in [0.3, 0.4) is 0 Å². The molecule has 0 bridgehead atoms. The molecule has 1 aromatic heterocycles. The lowest BCUT2D eigenvalue weighted by Crippen LogP contribution is -2.11. The van der Waals surface area contributed by atoms with Crippen LogP contribution < -0.4 is 18.9 Å². The van der Waals surface area contributed by atoms with Gasteiger partial charge in [0.25, 0.3) is 0 Å². The van der Waals surface area contributed by atoms with Crippen LogP contribution in [-0.4, -0.2) is 38.1 Å². The van der Waals surface area contributed by atoms with E-state index < -0.39 is 12.0 Å². The number of benzene rings is 2. The Labute approximate surface area is 185 Å². The topological polar surface area (TPSA) is 79.0 Å². The Hall–Kier alpha value is -3.42. The van der Waals surface area contributed by atoms with Crippen LogP contribution in [-0.2, 0) is 4.74 Å². The van der Waals surface area contributed by atoms with E-state index in [1.54, 1.807) is 26.2 Å². The molecular formula is C24H26FNO6. The summed E-state index contributed by atoms with van der Waals surface area (Å²) in [6.45, 7) is 1.85. The van der Waals surface area contributed by atoms with Crippen molar-refractivity contribution in [3.63, 3.8) is 0 Å². The van der Waals surface area contributed by atoms with Crippen molar-refractivity contribution in [3.05, 3.63) is 36.1 Å². The second kappa shape index (κ2) is 9.38. The number of fused-ring (bicyclic) bond motifs is 1. The van der Waals surface area contributed by atoms with Crippen molar-refractivity contribution < 1.29 is 32.9 Å². The normalized spacial score (nSPS) is 13.9. The van der Waals surface area contributed by atoms with E-state index in [1.165, 1.54) is 19.2 Å². The molecule has 4 rings (SSSR count). The first-order chi connectivity index (χ1) is 15.5. The van der Waals surface area contributed by atoms with Gasteiger partial charge in [-0.25, -0.2) is 9.18 Å². The van der Waals surface area contributed by atoms with Crippen molar-refractivity contribution in [2.45, 2.75) is 38.7 Å². The molecule has 0 radical (unpaired) electrons. The number of aromatic amines is 1. The van der Waals surface area contributed by atoms with Gasteiger partial charge in [-0.1, -0.05) is 6.07 Å². The van der Waals surface area contributed by atoms with Gasteiger partial charge in [-0.05, 0) is 56.4 Å². The molecule has 1 fully saturated rings. The molecule has 8 heteroatoms. The lowest BCUT2D eigenvalue weighted by atomic mass is 10.0. The van der Waals surface area contributed by atoms with Crippen LogP contribution in [0, 0.1) is 5.82 Å². The maximum Gasteiger partial charge on any atom is 0.515 e. The molecule has 2 aromatic carbocycles. The van der Waals surface area contributed by atoms with E-state index in [0.29, 0.717) is 33.5 Å². The summed E-state index contributed by atoms with van der Waals surface area (Å²) in [4.78, 5) is 15.2. The maximum atomic E-state index is 14.5. The standard InChI is InChI=1S/C24H26FNO6/c1-4-30-24(27)32-23-22(14-9-10-19(28-2)17(25)11-14)16-12-20(29-3)21(13-18(16)26-23)31-15-7-5-6-8-15/h9-13,15,26H,4-8H2,1-3H3. The second-order valence-electron chi connectivity index (χ2n) is 7.54.